The normalized spacial score (nSPS) is 16.2. The molecule has 30 heavy (non-hydrogen) atoms. The number of phenols is 1. The molecule has 1 heterocycles. The summed E-state index contributed by atoms with van der Waals surface area (Å²) in [6, 6.07) is 11.1. The summed E-state index contributed by atoms with van der Waals surface area (Å²) in [6.45, 7) is 3.97. The van der Waals surface area contributed by atoms with Crippen LogP contribution in [0.5, 0.6) is 17.2 Å². The lowest BCUT2D eigenvalue weighted by Gasteiger charge is -2.27. The number of amides is 1. The van der Waals surface area contributed by atoms with Gasteiger partial charge in [0.25, 0.3) is 5.91 Å². The molecule has 7 nitrogen and oxygen atoms in total. The van der Waals surface area contributed by atoms with Gasteiger partial charge in [0.05, 0.1) is 25.3 Å². The minimum atomic E-state index is -0.795. The summed E-state index contributed by atoms with van der Waals surface area (Å²) in [7, 11) is 1.56. The van der Waals surface area contributed by atoms with Crippen LogP contribution in [0, 0.1) is 0 Å². The van der Waals surface area contributed by atoms with Gasteiger partial charge in [-0.25, -0.2) is 0 Å². The van der Waals surface area contributed by atoms with Crippen LogP contribution in [0.3, 0.4) is 0 Å². The Kier molecular flexibility index (Phi) is 6.30. The van der Waals surface area contributed by atoms with E-state index in [1.54, 1.807) is 45.2 Å². The molecule has 3 rings (SSSR count). The van der Waals surface area contributed by atoms with Crippen molar-refractivity contribution in [2.24, 2.45) is 0 Å². The van der Waals surface area contributed by atoms with Crippen molar-refractivity contribution in [1.29, 1.82) is 0 Å². The highest BCUT2D eigenvalue weighted by Crippen LogP contribution is 2.41. The molecule has 1 aliphatic heterocycles. The van der Waals surface area contributed by atoms with Gasteiger partial charge in [0.15, 0.2) is 23.0 Å². The first kappa shape index (κ1) is 21.2. The molecule has 1 atom stereocenters. The summed E-state index contributed by atoms with van der Waals surface area (Å²) in [4.78, 5) is 27.0. The van der Waals surface area contributed by atoms with Gasteiger partial charge in [-0.3, -0.25) is 9.59 Å². The van der Waals surface area contributed by atoms with Gasteiger partial charge in [-0.2, -0.15) is 0 Å². The molecule has 2 aromatic rings. The summed E-state index contributed by atoms with van der Waals surface area (Å²) >= 11 is 0. The smallest absolute Gasteiger partial charge is 0.290 e. The van der Waals surface area contributed by atoms with Gasteiger partial charge in [0, 0.05) is 13.0 Å². The lowest BCUT2D eigenvalue weighted by molar-refractivity contribution is -0.130. The van der Waals surface area contributed by atoms with E-state index < -0.39 is 17.7 Å². The number of carbonyl (C=O) groups is 2. The fourth-order valence-electron chi connectivity index (χ4n) is 3.58. The highest BCUT2D eigenvalue weighted by Gasteiger charge is 2.43. The Labute approximate surface area is 175 Å². The average Bonchev–Trinajstić information content (AvgIpc) is 3.00. The van der Waals surface area contributed by atoms with E-state index in [1.807, 2.05) is 12.1 Å². The number of rotatable bonds is 8. The summed E-state index contributed by atoms with van der Waals surface area (Å²) in [5.74, 6) is -0.628. The Morgan fingerprint density at radius 3 is 2.57 bits per heavy atom. The number of benzene rings is 2. The first-order valence-electron chi connectivity index (χ1n) is 9.77. The lowest BCUT2D eigenvalue weighted by atomic mass is 9.94. The zero-order valence-corrected chi connectivity index (χ0v) is 17.2. The Morgan fingerprint density at radius 1 is 1.13 bits per heavy atom. The van der Waals surface area contributed by atoms with E-state index in [0.29, 0.717) is 17.9 Å². The molecule has 0 fully saturated rings. The summed E-state index contributed by atoms with van der Waals surface area (Å²) in [5, 5.41) is 20.6. The third-order valence-corrected chi connectivity index (χ3v) is 5.01. The molecule has 0 bridgehead atoms. The highest BCUT2D eigenvalue weighted by molar-refractivity contribution is 6.08. The van der Waals surface area contributed by atoms with Crippen LogP contribution in [0.15, 0.2) is 53.8 Å². The second kappa shape index (κ2) is 8.90. The monoisotopic (exact) mass is 411 g/mol. The number of methoxy groups -OCH3 is 1. The molecule has 0 saturated heterocycles. The number of aromatic hydroxyl groups is 1. The minimum absolute atomic E-state index is 0.0409. The summed E-state index contributed by atoms with van der Waals surface area (Å²) in [6.07, 6.45) is 0.145. The largest absolute Gasteiger partial charge is 0.504 e. The average molecular weight is 411 g/mol. The van der Waals surface area contributed by atoms with Gasteiger partial charge in [-0.1, -0.05) is 25.1 Å². The molecule has 0 saturated carbocycles. The van der Waals surface area contributed by atoms with E-state index in [4.69, 9.17) is 9.47 Å². The standard InChI is InChI=1S/C23H25NO6/c1-4-17(25)20-21(15-9-10-18(26)19(12-15)30-5-2)24(23(28)22(20)27)13-14-7-6-8-16(11-14)29-3/h6-12,21,26-27H,4-5,13H2,1-3H3. The number of carbonyl (C=O) groups excluding carboxylic acids is 2. The zero-order chi connectivity index (χ0) is 21.8. The van der Waals surface area contributed by atoms with Crippen LogP contribution in [0.25, 0.3) is 0 Å². The Balaban J connectivity index is 2.08. The first-order chi connectivity index (χ1) is 14.4. The van der Waals surface area contributed by atoms with Crippen molar-refractivity contribution in [1.82, 2.24) is 4.90 Å². The van der Waals surface area contributed by atoms with Crippen molar-refractivity contribution in [3.05, 3.63) is 64.9 Å². The van der Waals surface area contributed by atoms with Crippen LogP contribution in [-0.4, -0.2) is 40.5 Å². The Hall–Kier alpha value is -3.48. The van der Waals surface area contributed by atoms with Gasteiger partial charge in [0.2, 0.25) is 0 Å². The Bertz CT molecular complexity index is 997. The van der Waals surface area contributed by atoms with Gasteiger partial charge in [-0.15, -0.1) is 0 Å². The van der Waals surface area contributed by atoms with E-state index in [2.05, 4.69) is 0 Å². The SMILES string of the molecule is CCOc1cc(C2C(C(=O)CC)=C(O)C(=O)N2Cc2cccc(OC)c2)ccc1O. The van der Waals surface area contributed by atoms with Crippen LogP contribution in [-0.2, 0) is 16.1 Å². The van der Waals surface area contributed by atoms with Crippen molar-refractivity contribution in [2.75, 3.05) is 13.7 Å². The molecule has 1 amide bonds. The Morgan fingerprint density at radius 2 is 1.90 bits per heavy atom. The van der Waals surface area contributed by atoms with E-state index in [-0.39, 0.29) is 35.8 Å². The number of aliphatic hydroxyl groups excluding tert-OH is 1. The minimum Gasteiger partial charge on any atom is -0.504 e. The highest BCUT2D eigenvalue weighted by atomic mass is 16.5. The number of hydrogen-bond acceptors (Lipinski definition) is 6. The van der Waals surface area contributed by atoms with Gasteiger partial charge in [0.1, 0.15) is 5.75 Å². The number of phenolic OH excluding ortho intramolecular Hbond substituents is 1. The van der Waals surface area contributed by atoms with Crippen molar-refractivity contribution in [3.63, 3.8) is 0 Å². The number of ketones is 1. The fourth-order valence-corrected chi connectivity index (χ4v) is 3.58. The molecule has 2 N–H and O–H groups in total. The fraction of sp³-hybridized carbons (Fsp3) is 0.304. The van der Waals surface area contributed by atoms with Gasteiger partial charge in [-0.05, 0) is 42.3 Å². The van der Waals surface area contributed by atoms with Crippen LogP contribution in [0.1, 0.15) is 37.4 Å². The summed E-state index contributed by atoms with van der Waals surface area (Å²) < 4.78 is 10.7. The molecule has 0 radical (unpaired) electrons. The maximum atomic E-state index is 12.9. The van der Waals surface area contributed by atoms with E-state index in [9.17, 15) is 19.8 Å². The van der Waals surface area contributed by atoms with E-state index in [1.165, 1.54) is 11.0 Å². The number of ether oxygens (including phenoxy) is 2. The quantitative estimate of drug-likeness (QED) is 0.688. The predicted octanol–water partition coefficient (Wildman–Crippen LogP) is 3.67. The summed E-state index contributed by atoms with van der Waals surface area (Å²) in [5.41, 5.74) is 1.40. The number of hydrogen-bond donors (Lipinski definition) is 2. The van der Waals surface area contributed by atoms with Crippen molar-refractivity contribution < 1.29 is 29.3 Å². The first-order valence-corrected chi connectivity index (χ1v) is 9.77. The molecule has 7 heteroatoms. The van der Waals surface area contributed by atoms with Gasteiger partial charge < -0.3 is 24.6 Å². The van der Waals surface area contributed by atoms with Crippen LogP contribution in [0.2, 0.25) is 0 Å². The predicted molar refractivity (Wildman–Crippen MR) is 111 cm³/mol. The third kappa shape index (κ3) is 3.96. The number of nitrogens with zero attached hydrogens (tertiary/aromatic N) is 1. The second-order valence-electron chi connectivity index (χ2n) is 6.89. The molecular formula is C23H25NO6. The zero-order valence-electron chi connectivity index (χ0n) is 17.2. The molecule has 0 aromatic heterocycles. The maximum Gasteiger partial charge on any atom is 0.290 e. The second-order valence-corrected chi connectivity index (χ2v) is 6.89. The van der Waals surface area contributed by atoms with Gasteiger partial charge >= 0.3 is 0 Å². The van der Waals surface area contributed by atoms with Crippen LogP contribution < -0.4 is 9.47 Å². The molecule has 1 unspecified atom stereocenters. The molecule has 1 aliphatic rings. The molecule has 0 spiro atoms. The molecular weight excluding hydrogens is 386 g/mol. The topological polar surface area (TPSA) is 96.3 Å². The van der Waals surface area contributed by atoms with Crippen molar-refractivity contribution >= 4 is 11.7 Å². The van der Waals surface area contributed by atoms with E-state index >= 15 is 0 Å². The molecule has 158 valence electrons. The number of Topliss-reactive ketones (excluding diaryl/α,β-unsaturated/α-hetero) is 1. The van der Waals surface area contributed by atoms with Crippen LogP contribution in [0.4, 0.5) is 0 Å². The van der Waals surface area contributed by atoms with E-state index in [0.717, 1.165) is 5.56 Å². The number of aliphatic hydroxyl groups is 1. The van der Waals surface area contributed by atoms with Crippen molar-refractivity contribution in [2.45, 2.75) is 32.9 Å². The third-order valence-electron chi connectivity index (χ3n) is 5.01. The maximum absolute atomic E-state index is 12.9. The molecule has 2 aromatic carbocycles. The lowest BCUT2D eigenvalue weighted by Crippen LogP contribution is -2.30. The van der Waals surface area contributed by atoms with Crippen LogP contribution >= 0.6 is 0 Å². The molecule has 0 aliphatic carbocycles. The van der Waals surface area contributed by atoms with Crippen molar-refractivity contribution in [3.8, 4) is 17.2 Å².